The Morgan fingerprint density at radius 1 is 1.38 bits per heavy atom. The average Bonchev–Trinajstić information content (AvgIpc) is 2.85. The standard InChI is InChI=1S/C14H16N2O5/c1-8(13(19)21-2)15-14(20)16-10-6-4-3-5-9(10)7-11(16)12(17)18/h3-6,8,11H,7H2,1-2H3,(H,15,20)(H,17,18). The highest BCUT2D eigenvalue weighted by molar-refractivity contribution is 6.02. The van der Waals surface area contributed by atoms with E-state index in [9.17, 15) is 19.5 Å². The molecule has 1 aliphatic rings. The Balaban J connectivity index is 2.24. The molecule has 1 aromatic rings. The van der Waals surface area contributed by atoms with E-state index >= 15 is 0 Å². The van der Waals surface area contributed by atoms with Crippen LogP contribution in [0.2, 0.25) is 0 Å². The lowest BCUT2D eigenvalue weighted by Crippen LogP contribution is -2.51. The lowest BCUT2D eigenvalue weighted by Gasteiger charge is -2.24. The number of para-hydroxylation sites is 1. The molecule has 0 radical (unpaired) electrons. The zero-order valence-corrected chi connectivity index (χ0v) is 11.7. The number of benzene rings is 1. The van der Waals surface area contributed by atoms with Crippen molar-refractivity contribution in [2.45, 2.75) is 25.4 Å². The molecule has 2 rings (SSSR count). The minimum Gasteiger partial charge on any atom is -0.480 e. The number of anilines is 1. The van der Waals surface area contributed by atoms with Crippen molar-refractivity contribution in [3.63, 3.8) is 0 Å². The largest absolute Gasteiger partial charge is 0.480 e. The summed E-state index contributed by atoms with van der Waals surface area (Å²) in [5.41, 5.74) is 1.32. The van der Waals surface area contributed by atoms with Crippen LogP contribution in [0, 0.1) is 0 Å². The summed E-state index contributed by atoms with van der Waals surface area (Å²) in [5, 5.41) is 11.7. The molecule has 2 unspecified atom stereocenters. The van der Waals surface area contributed by atoms with Gasteiger partial charge in [-0.15, -0.1) is 0 Å². The maximum Gasteiger partial charge on any atom is 0.328 e. The molecular formula is C14H16N2O5. The number of hydrogen-bond acceptors (Lipinski definition) is 4. The summed E-state index contributed by atoms with van der Waals surface area (Å²) < 4.78 is 4.53. The van der Waals surface area contributed by atoms with Crippen molar-refractivity contribution in [1.29, 1.82) is 0 Å². The monoisotopic (exact) mass is 292 g/mol. The molecule has 0 spiro atoms. The Morgan fingerprint density at radius 2 is 2.05 bits per heavy atom. The third-order valence-corrected chi connectivity index (χ3v) is 3.37. The van der Waals surface area contributed by atoms with Crippen molar-refractivity contribution >= 4 is 23.7 Å². The van der Waals surface area contributed by atoms with Gasteiger partial charge in [-0.3, -0.25) is 4.90 Å². The fourth-order valence-electron chi connectivity index (χ4n) is 2.33. The van der Waals surface area contributed by atoms with Crippen LogP contribution < -0.4 is 10.2 Å². The molecule has 0 saturated carbocycles. The molecule has 0 saturated heterocycles. The summed E-state index contributed by atoms with van der Waals surface area (Å²) in [6, 6.07) is 4.51. The van der Waals surface area contributed by atoms with Crippen molar-refractivity contribution in [2.24, 2.45) is 0 Å². The van der Waals surface area contributed by atoms with Gasteiger partial charge in [0, 0.05) is 12.1 Å². The average molecular weight is 292 g/mol. The molecule has 0 aromatic heterocycles. The first-order valence-corrected chi connectivity index (χ1v) is 6.44. The van der Waals surface area contributed by atoms with E-state index in [2.05, 4.69) is 10.1 Å². The van der Waals surface area contributed by atoms with E-state index < -0.39 is 30.1 Å². The fraction of sp³-hybridized carbons (Fsp3) is 0.357. The van der Waals surface area contributed by atoms with E-state index in [1.54, 1.807) is 24.3 Å². The summed E-state index contributed by atoms with van der Waals surface area (Å²) in [6.45, 7) is 1.47. The van der Waals surface area contributed by atoms with E-state index in [0.29, 0.717) is 5.69 Å². The number of ether oxygens (including phenoxy) is 1. The fourth-order valence-corrected chi connectivity index (χ4v) is 2.33. The molecular weight excluding hydrogens is 276 g/mol. The third-order valence-electron chi connectivity index (χ3n) is 3.37. The molecule has 7 heteroatoms. The molecule has 0 aliphatic carbocycles. The van der Waals surface area contributed by atoms with E-state index in [4.69, 9.17) is 0 Å². The van der Waals surface area contributed by atoms with Gasteiger partial charge in [0.15, 0.2) is 0 Å². The van der Waals surface area contributed by atoms with E-state index in [1.807, 2.05) is 0 Å². The van der Waals surface area contributed by atoms with Crippen LogP contribution in [0.25, 0.3) is 0 Å². The highest BCUT2D eigenvalue weighted by atomic mass is 16.5. The van der Waals surface area contributed by atoms with Gasteiger partial charge in [0.1, 0.15) is 12.1 Å². The van der Waals surface area contributed by atoms with Crippen LogP contribution in [0.5, 0.6) is 0 Å². The van der Waals surface area contributed by atoms with Crippen LogP contribution in [0.15, 0.2) is 24.3 Å². The number of carbonyl (C=O) groups excluding carboxylic acids is 2. The van der Waals surface area contributed by atoms with Gasteiger partial charge in [0.25, 0.3) is 0 Å². The molecule has 0 fully saturated rings. The zero-order chi connectivity index (χ0) is 15.6. The number of carboxylic acids is 1. The van der Waals surface area contributed by atoms with Crippen LogP contribution in [0.3, 0.4) is 0 Å². The number of methoxy groups -OCH3 is 1. The van der Waals surface area contributed by atoms with Gasteiger partial charge in [0.2, 0.25) is 0 Å². The molecule has 0 bridgehead atoms. The maximum atomic E-state index is 12.3. The van der Waals surface area contributed by atoms with Gasteiger partial charge in [-0.1, -0.05) is 18.2 Å². The molecule has 7 nitrogen and oxygen atoms in total. The van der Waals surface area contributed by atoms with Gasteiger partial charge in [-0.25, -0.2) is 14.4 Å². The predicted molar refractivity (Wildman–Crippen MR) is 74.1 cm³/mol. The van der Waals surface area contributed by atoms with Crippen molar-refractivity contribution in [3.05, 3.63) is 29.8 Å². The smallest absolute Gasteiger partial charge is 0.328 e. The first kappa shape index (κ1) is 14.8. The number of hydrogen-bond donors (Lipinski definition) is 2. The van der Waals surface area contributed by atoms with Crippen LogP contribution in [-0.2, 0) is 20.7 Å². The number of carboxylic acid groups (broad SMARTS) is 1. The number of aliphatic carboxylic acids is 1. The summed E-state index contributed by atoms with van der Waals surface area (Å²) in [4.78, 5) is 36.2. The number of amides is 2. The van der Waals surface area contributed by atoms with Crippen molar-refractivity contribution < 1.29 is 24.2 Å². The molecule has 112 valence electrons. The molecule has 2 amide bonds. The number of fused-ring (bicyclic) bond motifs is 1. The number of nitrogens with one attached hydrogen (secondary N) is 1. The minimum absolute atomic E-state index is 0.242. The lowest BCUT2D eigenvalue weighted by molar-refractivity contribution is -0.142. The number of nitrogens with zero attached hydrogens (tertiary/aromatic N) is 1. The van der Waals surface area contributed by atoms with Crippen LogP contribution >= 0.6 is 0 Å². The van der Waals surface area contributed by atoms with Crippen molar-refractivity contribution in [3.8, 4) is 0 Å². The van der Waals surface area contributed by atoms with Gasteiger partial charge in [-0.2, -0.15) is 0 Å². The molecule has 21 heavy (non-hydrogen) atoms. The summed E-state index contributed by atoms with van der Waals surface area (Å²) in [6.07, 6.45) is 0.242. The van der Waals surface area contributed by atoms with Gasteiger partial charge in [-0.05, 0) is 18.6 Å². The molecule has 2 atom stereocenters. The second-order valence-corrected chi connectivity index (χ2v) is 4.75. The quantitative estimate of drug-likeness (QED) is 0.802. The Hall–Kier alpha value is -2.57. The normalized spacial score (nSPS) is 17.8. The van der Waals surface area contributed by atoms with E-state index in [0.717, 1.165) is 10.5 Å². The highest BCUT2D eigenvalue weighted by Crippen LogP contribution is 2.32. The van der Waals surface area contributed by atoms with Crippen LogP contribution in [-0.4, -0.2) is 42.3 Å². The minimum atomic E-state index is -1.09. The zero-order valence-electron chi connectivity index (χ0n) is 11.7. The Bertz CT molecular complexity index is 586. The van der Waals surface area contributed by atoms with Crippen LogP contribution in [0.1, 0.15) is 12.5 Å². The number of rotatable bonds is 3. The van der Waals surface area contributed by atoms with Crippen molar-refractivity contribution in [2.75, 3.05) is 12.0 Å². The maximum absolute atomic E-state index is 12.3. The van der Waals surface area contributed by atoms with Gasteiger partial charge < -0.3 is 15.2 Å². The van der Waals surface area contributed by atoms with E-state index in [-0.39, 0.29) is 6.42 Å². The SMILES string of the molecule is COC(=O)C(C)NC(=O)N1c2ccccc2CC1C(=O)O. The second kappa shape index (κ2) is 5.82. The molecule has 1 aliphatic heterocycles. The number of esters is 1. The van der Waals surface area contributed by atoms with Gasteiger partial charge in [0.05, 0.1) is 7.11 Å². The van der Waals surface area contributed by atoms with Gasteiger partial charge >= 0.3 is 18.0 Å². The first-order valence-electron chi connectivity index (χ1n) is 6.44. The molecule has 2 N–H and O–H groups in total. The lowest BCUT2D eigenvalue weighted by atomic mass is 10.1. The van der Waals surface area contributed by atoms with Crippen LogP contribution in [0.4, 0.5) is 10.5 Å². The molecule has 1 heterocycles. The van der Waals surface area contributed by atoms with Crippen molar-refractivity contribution in [1.82, 2.24) is 5.32 Å². The Labute approximate surface area is 121 Å². The third kappa shape index (κ3) is 2.81. The topological polar surface area (TPSA) is 95.9 Å². The second-order valence-electron chi connectivity index (χ2n) is 4.75. The Morgan fingerprint density at radius 3 is 2.67 bits per heavy atom. The summed E-state index contributed by atoms with van der Waals surface area (Å²) >= 11 is 0. The summed E-state index contributed by atoms with van der Waals surface area (Å²) in [7, 11) is 1.22. The highest BCUT2D eigenvalue weighted by Gasteiger charge is 2.39. The number of carbonyl (C=O) groups is 3. The molecule has 1 aromatic carbocycles. The Kier molecular flexibility index (Phi) is 4.11. The number of urea groups is 1. The van der Waals surface area contributed by atoms with E-state index in [1.165, 1.54) is 14.0 Å². The summed E-state index contributed by atoms with van der Waals surface area (Å²) in [5.74, 6) is -1.69. The first-order chi connectivity index (χ1) is 9.95. The predicted octanol–water partition coefficient (Wildman–Crippen LogP) is 0.773.